The Kier molecular flexibility index (Phi) is 4.60. The zero-order chi connectivity index (χ0) is 19.9. The van der Waals surface area contributed by atoms with Crippen LogP contribution < -0.4 is 10.6 Å². The van der Waals surface area contributed by atoms with E-state index < -0.39 is 17.8 Å². The molecule has 1 aromatic carbocycles. The highest BCUT2D eigenvalue weighted by atomic mass is 19.4. The van der Waals surface area contributed by atoms with E-state index in [0.29, 0.717) is 18.4 Å². The van der Waals surface area contributed by atoms with Crippen LogP contribution in [0.15, 0.2) is 30.3 Å². The predicted molar refractivity (Wildman–Crippen MR) is 95.7 cm³/mol. The maximum Gasteiger partial charge on any atom is 0.433 e. The standard InChI is InChI=1S/C19H19F3N4O2/c20-19(21,22)16-9-14(13-3-1-2-4-15(13)25-16)17(27)26-8-7-12(10-26)24-18(28)23-11-5-6-11/h1-4,9,11-12H,5-8,10H2,(H2,23,24,28). The molecule has 2 heterocycles. The lowest BCUT2D eigenvalue weighted by Gasteiger charge is -2.19. The summed E-state index contributed by atoms with van der Waals surface area (Å²) in [6.45, 7) is 0.625. The highest BCUT2D eigenvalue weighted by molar-refractivity contribution is 6.06. The smallest absolute Gasteiger partial charge is 0.336 e. The second-order valence-electron chi connectivity index (χ2n) is 7.20. The van der Waals surface area contributed by atoms with E-state index in [1.807, 2.05) is 0 Å². The number of para-hydroxylation sites is 1. The monoisotopic (exact) mass is 392 g/mol. The van der Waals surface area contributed by atoms with Crippen LogP contribution in [-0.4, -0.2) is 47.0 Å². The molecular weight excluding hydrogens is 373 g/mol. The highest BCUT2D eigenvalue weighted by Gasteiger charge is 2.36. The van der Waals surface area contributed by atoms with Crippen molar-refractivity contribution in [1.29, 1.82) is 0 Å². The number of rotatable bonds is 3. The summed E-state index contributed by atoms with van der Waals surface area (Å²) < 4.78 is 39.6. The van der Waals surface area contributed by atoms with E-state index in [0.717, 1.165) is 18.9 Å². The summed E-state index contributed by atoms with van der Waals surface area (Å²) >= 11 is 0. The van der Waals surface area contributed by atoms with Gasteiger partial charge in [0.2, 0.25) is 0 Å². The maximum absolute atomic E-state index is 13.2. The predicted octanol–water partition coefficient (Wildman–Crippen LogP) is 2.93. The lowest BCUT2D eigenvalue weighted by atomic mass is 10.1. The second kappa shape index (κ2) is 6.96. The Labute approximate surface area is 159 Å². The Balaban J connectivity index is 1.54. The Morgan fingerprint density at radius 2 is 1.79 bits per heavy atom. The molecule has 6 nitrogen and oxygen atoms in total. The lowest BCUT2D eigenvalue weighted by molar-refractivity contribution is -0.141. The largest absolute Gasteiger partial charge is 0.433 e. The van der Waals surface area contributed by atoms with Gasteiger partial charge in [0, 0.05) is 30.6 Å². The normalized spacial score (nSPS) is 19.7. The van der Waals surface area contributed by atoms with Crippen LogP contribution in [0.5, 0.6) is 0 Å². The quantitative estimate of drug-likeness (QED) is 0.844. The first-order chi connectivity index (χ1) is 13.3. The SMILES string of the molecule is O=C(NC1CC1)NC1CCN(C(=O)c2cc(C(F)(F)F)nc3ccccc23)C1. The van der Waals surface area contributed by atoms with Crippen LogP contribution >= 0.6 is 0 Å². The van der Waals surface area contributed by atoms with Crippen molar-refractivity contribution >= 4 is 22.8 Å². The number of carbonyl (C=O) groups is 2. The number of fused-ring (bicyclic) bond motifs is 1. The third-order valence-corrected chi connectivity index (χ3v) is 4.96. The summed E-state index contributed by atoms with van der Waals surface area (Å²) in [5.74, 6) is -0.490. The number of likely N-dealkylation sites (tertiary alicyclic amines) is 1. The minimum Gasteiger partial charge on any atom is -0.336 e. The molecule has 2 fully saturated rings. The van der Waals surface area contributed by atoms with Gasteiger partial charge in [0.25, 0.3) is 5.91 Å². The van der Waals surface area contributed by atoms with Gasteiger partial charge >= 0.3 is 12.2 Å². The average Bonchev–Trinajstić information content (AvgIpc) is 3.34. The molecule has 4 rings (SSSR count). The summed E-state index contributed by atoms with van der Waals surface area (Å²) in [6, 6.07) is 6.83. The summed E-state index contributed by atoms with van der Waals surface area (Å²) in [7, 11) is 0. The molecule has 2 aromatic rings. The fourth-order valence-electron chi connectivity index (χ4n) is 3.37. The number of amides is 3. The van der Waals surface area contributed by atoms with E-state index in [9.17, 15) is 22.8 Å². The van der Waals surface area contributed by atoms with Gasteiger partial charge in [0.1, 0.15) is 5.69 Å². The van der Waals surface area contributed by atoms with Crippen molar-refractivity contribution in [2.45, 2.75) is 37.5 Å². The van der Waals surface area contributed by atoms with Crippen LogP contribution in [0.3, 0.4) is 0 Å². The van der Waals surface area contributed by atoms with Crippen molar-refractivity contribution in [3.8, 4) is 0 Å². The molecule has 9 heteroatoms. The molecule has 1 unspecified atom stereocenters. The molecule has 2 aliphatic rings. The number of pyridine rings is 1. The molecule has 1 saturated heterocycles. The van der Waals surface area contributed by atoms with Gasteiger partial charge in [-0.1, -0.05) is 18.2 Å². The van der Waals surface area contributed by atoms with Crippen molar-refractivity contribution in [3.05, 3.63) is 41.6 Å². The van der Waals surface area contributed by atoms with Crippen LogP contribution in [0.4, 0.5) is 18.0 Å². The van der Waals surface area contributed by atoms with Crippen molar-refractivity contribution in [2.24, 2.45) is 0 Å². The summed E-state index contributed by atoms with van der Waals surface area (Å²) in [5, 5.41) is 6.02. The van der Waals surface area contributed by atoms with Gasteiger partial charge in [-0.25, -0.2) is 9.78 Å². The third-order valence-electron chi connectivity index (χ3n) is 4.96. The Morgan fingerprint density at radius 3 is 2.50 bits per heavy atom. The van der Waals surface area contributed by atoms with Crippen molar-refractivity contribution < 1.29 is 22.8 Å². The van der Waals surface area contributed by atoms with E-state index in [2.05, 4.69) is 15.6 Å². The molecule has 1 saturated carbocycles. The summed E-state index contributed by atoms with van der Waals surface area (Å²) in [6.07, 6.45) is -2.15. The number of halogens is 3. The fraction of sp³-hybridized carbons (Fsp3) is 0.421. The van der Waals surface area contributed by atoms with Gasteiger partial charge in [0.15, 0.2) is 0 Å². The van der Waals surface area contributed by atoms with E-state index in [1.54, 1.807) is 18.2 Å². The topological polar surface area (TPSA) is 74.3 Å². The number of aromatic nitrogens is 1. The number of hydrogen-bond acceptors (Lipinski definition) is 3. The number of nitrogens with one attached hydrogen (secondary N) is 2. The first kappa shape index (κ1) is 18.5. The molecule has 1 aliphatic carbocycles. The summed E-state index contributed by atoms with van der Waals surface area (Å²) in [4.78, 5) is 29.9. The molecule has 148 valence electrons. The van der Waals surface area contributed by atoms with Gasteiger partial charge in [0.05, 0.1) is 11.1 Å². The Morgan fingerprint density at radius 1 is 1.07 bits per heavy atom. The third kappa shape index (κ3) is 3.88. The van der Waals surface area contributed by atoms with Crippen molar-refractivity contribution in [3.63, 3.8) is 0 Å². The van der Waals surface area contributed by atoms with Gasteiger partial charge in [-0.2, -0.15) is 13.2 Å². The van der Waals surface area contributed by atoms with E-state index in [1.165, 1.54) is 11.0 Å². The number of hydrogen-bond donors (Lipinski definition) is 2. The van der Waals surface area contributed by atoms with Crippen LogP contribution in [0, 0.1) is 0 Å². The second-order valence-corrected chi connectivity index (χ2v) is 7.20. The van der Waals surface area contributed by atoms with Crippen LogP contribution in [0.1, 0.15) is 35.3 Å². The van der Waals surface area contributed by atoms with E-state index in [4.69, 9.17) is 0 Å². The average molecular weight is 392 g/mol. The molecule has 1 aliphatic heterocycles. The van der Waals surface area contributed by atoms with Crippen LogP contribution in [0.25, 0.3) is 10.9 Å². The number of nitrogens with zero attached hydrogens (tertiary/aromatic N) is 2. The minimum atomic E-state index is -4.64. The molecule has 0 spiro atoms. The number of benzene rings is 1. The molecular formula is C19H19F3N4O2. The lowest BCUT2D eigenvalue weighted by Crippen LogP contribution is -2.44. The molecule has 3 amide bonds. The fourth-order valence-corrected chi connectivity index (χ4v) is 3.37. The molecule has 1 atom stereocenters. The van der Waals surface area contributed by atoms with Crippen LogP contribution in [0.2, 0.25) is 0 Å². The molecule has 28 heavy (non-hydrogen) atoms. The maximum atomic E-state index is 13.2. The number of urea groups is 1. The van der Waals surface area contributed by atoms with Gasteiger partial charge in [-0.15, -0.1) is 0 Å². The van der Waals surface area contributed by atoms with Crippen molar-refractivity contribution in [1.82, 2.24) is 20.5 Å². The van der Waals surface area contributed by atoms with Crippen LogP contribution in [-0.2, 0) is 6.18 Å². The molecule has 0 radical (unpaired) electrons. The van der Waals surface area contributed by atoms with Gasteiger partial charge in [-0.3, -0.25) is 4.79 Å². The minimum absolute atomic E-state index is 0.0268. The summed E-state index contributed by atoms with van der Waals surface area (Å²) in [5.41, 5.74) is -0.994. The number of alkyl halides is 3. The zero-order valence-electron chi connectivity index (χ0n) is 14.9. The van der Waals surface area contributed by atoms with E-state index >= 15 is 0 Å². The molecule has 0 bridgehead atoms. The Hall–Kier alpha value is -2.84. The van der Waals surface area contributed by atoms with E-state index in [-0.39, 0.29) is 35.7 Å². The molecule has 1 aromatic heterocycles. The van der Waals surface area contributed by atoms with Crippen molar-refractivity contribution in [2.75, 3.05) is 13.1 Å². The Bertz CT molecular complexity index is 927. The highest BCUT2D eigenvalue weighted by Crippen LogP contribution is 2.31. The number of carbonyl (C=O) groups excluding carboxylic acids is 2. The zero-order valence-corrected chi connectivity index (χ0v) is 14.9. The molecule has 2 N–H and O–H groups in total. The first-order valence-corrected chi connectivity index (χ1v) is 9.14. The van der Waals surface area contributed by atoms with Gasteiger partial charge < -0.3 is 15.5 Å². The first-order valence-electron chi connectivity index (χ1n) is 9.14. The van der Waals surface area contributed by atoms with Gasteiger partial charge in [-0.05, 0) is 31.4 Å².